The van der Waals surface area contributed by atoms with Gasteiger partial charge < -0.3 is 10.6 Å². The maximum Gasteiger partial charge on any atom is 0.228 e. The summed E-state index contributed by atoms with van der Waals surface area (Å²) in [5.41, 5.74) is 1.62. The van der Waals surface area contributed by atoms with E-state index in [9.17, 15) is 4.79 Å². The zero-order valence-electron chi connectivity index (χ0n) is 10.1. The van der Waals surface area contributed by atoms with E-state index in [1.54, 1.807) is 25.6 Å². The van der Waals surface area contributed by atoms with Gasteiger partial charge in [0.05, 0.1) is 18.3 Å². The first-order valence-electron chi connectivity index (χ1n) is 5.60. The van der Waals surface area contributed by atoms with E-state index in [-0.39, 0.29) is 5.91 Å². The van der Waals surface area contributed by atoms with Crippen LogP contribution in [0.1, 0.15) is 5.56 Å². The van der Waals surface area contributed by atoms with Gasteiger partial charge in [-0.05, 0) is 29.8 Å². The Hall–Kier alpha value is -2.43. The van der Waals surface area contributed by atoms with Crippen LogP contribution in [0.25, 0.3) is 0 Å². The molecular formula is C13H14N4O. The largest absolute Gasteiger partial charge is 0.373 e. The van der Waals surface area contributed by atoms with Gasteiger partial charge in [0.2, 0.25) is 5.91 Å². The van der Waals surface area contributed by atoms with Crippen molar-refractivity contribution in [1.29, 1.82) is 0 Å². The second-order valence-corrected chi connectivity index (χ2v) is 3.76. The zero-order chi connectivity index (χ0) is 12.8. The number of pyridine rings is 2. The maximum atomic E-state index is 11.8. The van der Waals surface area contributed by atoms with E-state index in [1.165, 1.54) is 0 Å². The molecule has 18 heavy (non-hydrogen) atoms. The lowest BCUT2D eigenvalue weighted by Gasteiger charge is -2.05. The summed E-state index contributed by atoms with van der Waals surface area (Å²) >= 11 is 0. The van der Waals surface area contributed by atoms with Crippen LogP contribution in [0.5, 0.6) is 0 Å². The minimum atomic E-state index is -0.0693. The van der Waals surface area contributed by atoms with Crippen LogP contribution in [-0.4, -0.2) is 22.9 Å². The fourth-order valence-corrected chi connectivity index (χ4v) is 1.51. The van der Waals surface area contributed by atoms with Crippen molar-refractivity contribution in [2.24, 2.45) is 0 Å². The summed E-state index contributed by atoms with van der Waals surface area (Å²) in [5.74, 6) is 0.697. The fourth-order valence-electron chi connectivity index (χ4n) is 1.51. The Morgan fingerprint density at radius 1 is 1.22 bits per heavy atom. The molecule has 2 aromatic heterocycles. The number of aromatic nitrogens is 2. The monoisotopic (exact) mass is 242 g/mol. The van der Waals surface area contributed by atoms with Crippen molar-refractivity contribution in [3.05, 3.63) is 48.4 Å². The number of nitrogens with one attached hydrogen (secondary N) is 2. The maximum absolute atomic E-state index is 11.8. The van der Waals surface area contributed by atoms with Crippen molar-refractivity contribution in [2.75, 3.05) is 17.7 Å². The number of anilines is 2. The van der Waals surface area contributed by atoms with Gasteiger partial charge in [0.1, 0.15) is 5.82 Å². The van der Waals surface area contributed by atoms with Crippen molar-refractivity contribution in [3.63, 3.8) is 0 Å². The summed E-state index contributed by atoms with van der Waals surface area (Å²) in [6.45, 7) is 0. The molecule has 0 bridgehead atoms. The Kier molecular flexibility index (Phi) is 3.86. The summed E-state index contributed by atoms with van der Waals surface area (Å²) in [7, 11) is 1.80. The van der Waals surface area contributed by atoms with E-state index < -0.39 is 0 Å². The van der Waals surface area contributed by atoms with Gasteiger partial charge in [-0.2, -0.15) is 0 Å². The molecule has 0 atom stereocenters. The van der Waals surface area contributed by atoms with Crippen molar-refractivity contribution in [1.82, 2.24) is 9.97 Å². The summed E-state index contributed by atoms with van der Waals surface area (Å²) in [6, 6.07) is 7.26. The third-order valence-corrected chi connectivity index (χ3v) is 2.42. The van der Waals surface area contributed by atoms with Gasteiger partial charge in [0, 0.05) is 19.4 Å². The molecular weight excluding hydrogens is 228 g/mol. The molecule has 0 unspecified atom stereocenters. The van der Waals surface area contributed by atoms with E-state index >= 15 is 0 Å². The average molecular weight is 242 g/mol. The van der Waals surface area contributed by atoms with Crippen molar-refractivity contribution in [2.45, 2.75) is 6.42 Å². The molecule has 2 aromatic rings. The molecule has 0 aliphatic rings. The van der Waals surface area contributed by atoms with E-state index in [0.717, 1.165) is 11.4 Å². The molecule has 5 heteroatoms. The Morgan fingerprint density at radius 3 is 2.61 bits per heavy atom. The zero-order valence-corrected chi connectivity index (χ0v) is 10.1. The number of hydrogen-bond acceptors (Lipinski definition) is 4. The molecule has 1 amide bonds. The summed E-state index contributed by atoms with van der Waals surface area (Å²) in [6.07, 6.45) is 5.30. The fraction of sp³-hybridized carbons (Fsp3) is 0.154. The molecule has 0 saturated carbocycles. The quantitative estimate of drug-likeness (QED) is 0.856. The predicted molar refractivity (Wildman–Crippen MR) is 70.4 cm³/mol. The van der Waals surface area contributed by atoms with E-state index in [2.05, 4.69) is 20.6 Å². The lowest BCUT2D eigenvalue weighted by atomic mass is 10.2. The lowest BCUT2D eigenvalue weighted by Crippen LogP contribution is -2.14. The second-order valence-electron chi connectivity index (χ2n) is 3.76. The second kappa shape index (κ2) is 5.77. The topological polar surface area (TPSA) is 66.9 Å². The molecule has 2 N–H and O–H groups in total. The molecule has 92 valence electrons. The molecule has 2 rings (SSSR count). The molecule has 0 aromatic carbocycles. The SMILES string of the molecule is CNc1ccc(NC(=O)Cc2ccncc2)cn1. The summed E-state index contributed by atoms with van der Waals surface area (Å²) in [4.78, 5) is 19.8. The van der Waals surface area contributed by atoms with Crippen LogP contribution < -0.4 is 10.6 Å². The molecule has 2 heterocycles. The van der Waals surface area contributed by atoms with Gasteiger partial charge in [-0.25, -0.2) is 4.98 Å². The number of carbonyl (C=O) groups excluding carboxylic acids is 1. The van der Waals surface area contributed by atoms with Crippen molar-refractivity contribution >= 4 is 17.4 Å². The number of carbonyl (C=O) groups is 1. The molecule has 0 spiro atoms. The third-order valence-electron chi connectivity index (χ3n) is 2.42. The van der Waals surface area contributed by atoms with Gasteiger partial charge in [-0.3, -0.25) is 9.78 Å². The number of nitrogens with zero attached hydrogens (tertiary/aromatic N) is 2. The lowest BCUT2D eigenvalue weighted by molar-refractivity contribution is -0.115. The Morgan fingerprint density at radius 2 is 2.00 bits per heavy atom. The Labute approximate surface area is 105 Å². The van der Waals surface area contributed by atoms with Crippen LogP contribution >= 0.6 is 0 Å². The van der Waals surface area contributed by atoms with Gasteiger partial charge >= 0.3 is 0 Å². The number of rotatable bonds is 4. The molecule has 0 aliphatic carbocycles. The summed E-state index contributed by atoms with van der Waals surface area (Å²) < 4.78 is 0. The first-order chi connectivity index (χ1) is 8.78. The van der Waals surface area contributed by atoms with Crippen LogP contribution in [0, 0.1) is 0 Å². The van der Waals surface area contributed by atoms with Crippen molar-refractivity contribution in [3.8, 4) is 0 Å². The standard InChI is InChI=1S/C13H14N4O/c1-14-12-3-2-11(9-16-12)17-13(18)8-10-4-6-15-7-5-10/h2-7,9H,8H2,1H3,(H,14,16)(H,17,18). The minimum absolute atomic E-state index is 0.0693. The van der Waals surface area contributed by atoms with Crippen LogP contribution in [0.15, 0.2) is 42.9 Å². The predicted octanol–water partition coefficient (Wildman–Crippen LogP) is 1.70. The molecule has 0 fully saturated rings. The van der Waals surface area contributed by atoms with Crippen LogP contribution in [-0.2, 0) is 11.2 Å². The van der Waals surface area contributed by atoms with E-state index in [1.807, 2.05) is 24.3 Å². The smallest absolute Gasteiger partial charge is 0.228 e. The third kappa shape index (κ3) is 3.28. The van der Waals surface area contributed by atoms with Gasteiger partial charge in [0.25, 0.3) is 0 Å². The molecule has 0 radical (unpaired) electrons. The highest BCUT2D eigenvalue weighted by atomic mass is 16.1. The highest BCUT2D eigenvalue weighted by Crippen LogP contribution is 2.09. The molecule has 5 nitrogen and oxygen atoms in total. The Balaban J connectivity index is 1.94. The minimum Gasteiger partial charge on any atom is -0.373 e. The van der Waals surface area contributed by atoms with Crippen LogP contribution in [0.4, 0.5) is 11.5 Å². The van der Waals surface area contributed by atoms with Crippen LogP contribution in [0.2, 0.25) is 0 Å². The molecule has 0 saturated heterocycles. The Bertz CT molecular complexity index is 510. The van der Waals surface area contributed by atoms with Crippen molar-refractivity contribution < 1.29 is 4.79 Å². The van der Waals surface area contributed by atoms with Gasteiger partial charge in [-0.1, -0.05) is 0 Å². The first kappa shape index (κ1) is 12.0. The molecule has 0 aliphatic heterocycles. The number of amides is 1. The normalized spacial score (nSPS) is 9.83. The highest BCUT2D eigenvalue weighted by molar-refractivity contribution is 5.92. The van der Waals surface area contributed by atoms with E-state index in [4.69, 9.17) is 0 Å². The van der Waals surface area contributed by atoms with Gasteiger partial charge in [0.15, 0.2) is 0 Å². The average Bonchev–Trinajstić information content (AvgIpc) is 2.40. The van der Waals surface area contributed by atoms with Crippen LogP contribution in [0.3, 0.4) is 0 Å². The van der Waals surface area contributed by atoms with Gasteiger partial charge in [-0.15, -0.1) is 0 Å². The highest BCUT2D eigenvalue weighted by Gasteiger charge is 2.04. The summed E-state index contributed by atoms with van der Waals surface area (Å²) in [5, 5.41) is 5.71. The van der Waals surface area contributed by atoms with E-state index in [0.29, 0.717) is 12.1 Å². The number of hydrogen-bond donors (Lipinski definition) is 2. The first-order valence-corrected chi connectivity index (χ1v) is 5.60.